The van der Waals surface area contributed by atoms with E-state index >= 15 is 0 Å². The minimum atomic E-state index is 0.127. The van der Waals surface area contributed by atoms with Crippen molar-refractivity contribution in [2.24, 2.45) is 5.73 Å². The number of hydrogen-bond acceptors (Lipinski definition) is 4. The molecule has 126 valence electrons. The van der Waals surface area contributed by atoms with Crippen LogP contribution >= 0.6 is 0 Å². The first-order valence-electron chi connectivity index (χ1n) is 8.35. The molecule has 1 unspecified atom stereocenters. The summed E-state index contributed by atoms with van der Waals surface area (Å²) in [6.45, 7) is 11.1. The SMILES string of the molecule is CCCCN(CC)C(CN)c1ccc(OC(C)C)c(OC)c1. The van der Waals surface area contributed by atoms with E-state index in [1.165, 1.54) is 18.4 Å². The maximum Gasteiger partial charge on any atom is 0.161 e. The number of nitrogens with two attached hydrogens (primary N) is 1. The van der Waals surface area contributed by atoms with Gasteiger partial charge in [0.05, 0.1) is 13.2 Å². The van der Waals surface area contributed by atoms with E-state index in [-0.39, 0.29) is 12.1 Å². The molecule has 0 fully saturated rings. The first-order valence-corrected chi connectivity index (χ1v) is 8.35. The summed E-state index contributed by atoms with van der Waals surface area (Å²) in [4.78, 5) is 2.43. The zero-order valence-electron chi connectivity index (χ0n) is 14.8. The highest BCUT2D eigenvalue weighted by Crippen LogP contribution is 2.32. The Morgan fingerprint density at radius 3 is 2.41 bits per heavy atom. The van der Waals surface area contributed by atoms with Crippen molar-refractivity contribution in [1.29, 1.82) is 0 Å². The van der Waals surface area contributed by atoms with E-state index in [4.69, 9.17) is 15.2 Å². The topological polar surface area (TPSA) is 47.7 Å². The fourth-order valence-corrected chi connectivity index (χ4v) is 2.63. The summed E-state index contributed by atoms with van der Waals surface area (Å²) >= 11 is 0. The Kier molecular flexibility index (Phi) is 8.28. The maximum atomic E-state index is 6.05. The van der Waals surface area contributed by atoms with Gasteiger partial charge in [0.15, 0.2) is 11.5 Å². The third kappa shape index (κ3) is 5.18. The summed E-state index contributed by atoms with van der Waals surface area (Å²) in [5.41, 5.74) is 7.24. The van der Waals surface area contributed by atoms with Gasteiger partial charge in [0.25, 0.3) is 0 Å². The first-order chi connectivity index (χ1) is 10.6. The zero-order chi connectivity index (χ0) is 16.5. The largest absolute Gasteiger partial charge is 0.493 e. The quantitative estimate of drug-likeness (QED) is 0.717. The van der Waals surface area contributed by atoms with Gasteiger partial charge in [-0.3, -0.25) is 4.90 Å². The van der Waals surface area contributed by atoms with Crippen LogP contribution in [0.2, 0.25) is 0 Å². The highest BCUT2D eigenvalue weighted by atomic mass is 16.5. The van der Waals surface area contributed by atoms with E-state index < -0.39 is 0 Å². The molecule has 0 aliphatic heterocycles. The lowest BCUT2D eigenvalue weighted by molar-refractivity contribution is 0.207. The number of benzene rings is 1. The van der Waals surface area contributed by atoms with Gasteiger partial charge in [0.1, 0.15) is 0 Å². The lowest BCUT2D eigenvalue weighted by atomic mass is 10.0. The van der Waals surface area contributed by atoms with Crippen molar-refractivity contribution in [3.63, 3.8) is 0 Å². The van der Waals surface area contributed by atoms with Crippen molar-refractivity contribution in [3.05, 3.63) is 23.8 Å². The molecule has 0 amide bonds. The third-order valence-electron chi connectivity index (χ3n) is 3.80. The summed E-state index contributed by atoms with van der Waals surface area (Å²) < 4.78 is 11.3. The molecule has 0 aliphatic rings. The van der Waals surface area contributed by atoms with Crippen LogP contribution in [-0.4, -0.2) is 37.7 Å². The number of hydrogen-bond donors (Lipinski definition) is 1. The predicted molar refractivity (Wildman–Crippen MR) is 92.7 cm³/mol. The van der Waals surface area contributed by atoms with Crippen LogP contribution in [0, 0.1) is 0 Å². The van der Waals surface area contributed by atoms with Crippen LogP contribution in [0.4, 0.5) is 0 Å². The predicted octanol–water partition coefficient (Wildman–Crippen LogP) is 3.60. The molecule has 0 heterocycles. The summed E-state index contributed by atoms with van der Waals surface area (Å²) in [6, 6.07) is 6.37. The van der Waals surface area contributed by atoms with Crippen LogP contribution in [0.1, 0.15) is 52.1 Å². The van der Waals surface area contributed by atoms with Crippen molar-refractivity contribution in [1.82, 2.24) is 4.90 Å². The number of ether oxygens (including phenoxy) is 2. The Labute approximate surface area is 135 Å². The number of likely N-dealkylation sites (N-methyl/N-ethyl adjacent to an activating group) is 1. The number of methoxy groups -OCH3 is 1. The fraction of sp³-hybridized carbons (Fsp3) is 0.667. The maximum absolute atomic E-state index is 6.05. The average Bonchev–Trinajstić information content (AvgIpc) is 2.51. The Hall–Kier alpha value is -1.26. The molecule has 0 radical (unpaired) electrons. The van der Waals surface area contributed by atoms with Crippen molar-refractivity contribution < 1.29 is 9.47 Å². The molecule has 0 aromatic heterocycles. The van der Waals surface area contributed by atoms with Gasteiger partial charge in [0, 0.05) is 12.6 Å². The molecule has 0 aliphatic carbocycles. The molecule has 22 heavy (non-hydrogen) atoms. The van der Waals surface area contributed by atoms with Crippen LogP contribution < -0.4 is 15.2 Å². The van der Waals surface area contributed by atoms with E-state index in [0.717, 1.165) is 24.6 Å². The molecule has 1 aromatic rings. The van der Waals surface area contributed by atoms with Crippen LogP contribution in [0.5, 0.6) is 11.5 Å². The first kappa shape index (κ1) is 18.8. The number of nitrogens with zero attached hydrogens (tertiary/aromatic N) is 1. The molecule has 2 N–H and O–H groups in total. The Bertz CT molecular complexity index is 435. The molecule has 0 saturated carbocycles. The van der Waals surface area contributed by atoms with Crippen LogP contribution in [0.25, 0.3) is 0 Å². The van der Waals surface area contributed by atoms with Crippen LogP contribution in [-0.2, 0) is 0 Å². The fourth-order valence-electron chi connectivity index (χ4n) is 2.63. The molecular weight excluding hydrogens is 276 g/mol. The zero-order valence-corrected chi connectivity index (χ0v) is 14.8. The van der Waals surface area contributed by atoms with Gasteiger partial charge in [0.2, 0.25) is 0 Å². The van der Waals surface area contributed by atoms with Crippen LogP contribution in [0.3, 0.4) is 0 Å². The minimum absolute atomic E-state index is 0.127. The van der Waals surface area contributed by atoms with Crippen molar-refractivity contribution in [2.75, 3.05) is 26.7 Å². The second-order valence-electron chi connectivity index (χ2n) is 5.81. The van der Waals surface area contributed by atoms with Gasteiger partial charge in [-0.2, -0.15) is 0 Å². The van der Waals surface area contributed by atoms with E-state index in [9.17, 15) is 0 Å². The van der Waals surface area contributed by atoms with Gasteiger partial charge in [-0.05, 0) is 51.1 Å². The molecule has 0 bridgehead atoms. The van der Waals surface area contributed by atoms with Gasteiger partial charge in [-0.15, -0.1) is 0 Å². The van der Waals surface area contributed by atoms with E-state index in [1.54, 1.807) is 7.11 Å². The highest BCUT2D eigenvalue weighted by molar-refractivity contribution is 5.44. The second-order valence-corrected chi connectivity index (χ2v) is 5.81. The molecule has 0 spiro atoms. The molecular formula is C18H32N2O2. The van der Waals surface area contributed by atoms with Gasteiger partial charge in [-0.25, -0.2) is 0 Å². The summed E-state index contributed by atoms with van der Waals surface area (Å²) in [5.74, 6) is 1.56. The lowest BCUT2D eigenvalue weighted by Gasteiger charge is -2.30. The van der Waals surface area contributed by atoms with Crippen LogP contribution in [0.15, 0.2) is 18.2 Å². The summed E-state index contributed by atoms with van der Waals surface area (Å²) in [6.07, 6.45) is 2.51. The van der Waals surface area contributed by atoms with E-state index in [1.807, 2.05) is 19.9 Å². The third-order valence-corrected chi connectivity index (χ3v) is 3.80. The second kappa shape index (κ2) is 9.70. The summed E-state index contributed by atoms with van der Waals surface area (Å²) in [5, 5.41) is 0. The van der Waals surface area contributed by atoms with Crippen molar-refractivity contribution >= 4 is 0 Å². The van der Waals surface area contributed by atoms with E-state index in [0.29, 0.717) is 6.54 Å². The molecule has 0 saturated heterocycles. The Morgan fingerprint density at radius 1 is 1.18 bits per heavy atom. The summed E-state index contributed by atoms with van der Waals surface area (Å²) in [7, 11) is 1.68. The van der Waals surface area contributed by atoms with E-state index in [2.05, 4.69) is 30.9 Å². The van der Waals surface area contributed by atoms with Crippen molar-refractivity contribution in [3.8, 4) is 11.5 Å². The minimum Gasteiger partial charge on any atom is -0.493 e. The lowest BCUT2D eigenvalue weighted by Crippen LogP contribution is -2.34. The average molecular weight is 308 g/mol. The van der Waals surface area contributed by atoms with Gasteiger partial charge >= 0.3 is 0 Å². The monoisotopic (exact) mass is 308 g/mol. The smallest absolute Gasteiger partial charge is 0.161 e. The molecule has 1 atom stereocenters. The Balaban J connectivity index is 3.01. The molecule has 4 nitrogen and oxygen atoms in total. The standard InChI is InChI=1S/C18H32N2O2/c1-6-8-11-20(7-2)16(13-19)15-9-10-17(22-14(3)4)18(12-15)21-5/h9-10,12,14,16H,6-8,11,13,19H2,1-5H3. The van der Waals surface area contributed by atoms with Gasteiger partial charge < -0.3 is 15.2 Å². The molecule has 1 aromatic carbocycles. The number of unbranched alkanes of at least 4 members (excludes halogenated alkanes) is 1. The molecule has 1 rings (SSSR count). The highest BCUT2D eigenvalue weighted by Gasteiger charge is 2.19. The van der Waals surface area contributed by atoms with Gasteiger partial charge in [-0.1, -0.05) is 26.3 Å². The normalized spacial score (nSPS) is 12.7. The molecule has 4 heteroatoms. The Morgan fingerprint density at radius 2 is 1.91 bits per heavy atom. The number of rotatable bonds is 10. The van der Waals surface area contributed by atoms with Crippen molar-refractivity contribution in [2.45, 2.75) is 52.7 Å².